The third-order valence-corrected chi connectivity index (χ3v) is 5.18. The Morgan fingerprint density at radius 2 is 1.93 bits per heavy atom. The fraction of sp³-hybridized carbons (Fsp3) is 0.182. The number of rotatable bonds is 5. The summed E-state index contributed by atoms with van der Waals surface area (Å²) in [7, 11) is 0. The van der Waals surface area contributed by atoms with Crippen molar-refractivity contribution in [2.75, 3.05) is 5.32 Å². The van der Waals surface area contributed by atoms with E-state index in [2.05, 4.69) is 5.32 Å². The second-order valence-electron chi connectivity index (χ2n) is 6.96. The van der Waals surface area contributed by atoms with Crippen LogP contribution in [0, 0.1) is 12.7 Å². The first-order valence-electron chi connectivity index (χ1n) is 9.29. The minimum Gasteiger partial charge on any atom is -0.326 e. The van der Waals surface area contributed by atoms with Gasteiger partial charge < -0.3 is 14.3 Å². The lowest BCUT2D eigenvalue weighted by Crippen LogP contribution is -2.23. The van der Waals surface area contributed by atoms with E-state index in [0.29, 0.717) is 34.7 Å². The minimum atomic E-state index is -0.409. The van der Waals surface area contributed by atoms with Crippen LogP contribution in [0.2, 0.25) is 5.02 Å². The van der Waals surface area contributed by atoms with E-state index >= 15 is 0 Å². The Labute approximate surface area is 171 Å². The molecule has 0 aliphatic rings. The van der Waals surface area contributed by atoms with E-state index in [1.807, 2.05) is 6.92 Å². The van der Waals surface area contributed by atoms with Gasteiger partial charge in [-0.25, -0.2) is 4.39 Å². The van der Waals surface area contributed by atoms with Crippen LogP contribution in [0.3, 0.4) is 0 Å². The monoisotopic (exact) mass is 411 g/mol. The first-order chi connectivity index (χ1) is 13.9. The average molecular weight is 412 g/mol. The van der Waals surface area contributed by atoms with E-state index in [4.69, 9.17) is 11.6 Å². The second-order valence-corrected chi connectivity index (χ2v) is 7.40. The lowest BCUT2D eigenvalue weighted by atomic mass is 10.2. The number of hydrogen-bond acceptors (Lipinski definition) is 2. The molecule has 5 nitrogen and oxygen atoms in total. The third kappa shape index (κ3) is 3.76. The first kappa shape index (κ1) is 19.2. The first-order valence-corrected chi connectivity index (χ1v) is 9.67. The molecule has 0 unspecified atom stereocenters. The van der Waals surface area contributed by atoms with Gasteiger partial charge in [-0.3, -0.25) is 9.59 Å². The fourth-order valence-corrected chi connectivity index (χ4v) is 3.76. The summed E-state index contributed by atoms with van der Waals surface area (Å²) in [5.41, 5.74) is 3.15. The highest BCUT2D eigenvalue weighted by Gasteiger charge is 2.12. The maximum absolute atomic E-state index is 13.8. The molecule has 1 N–H and O–H groups in total. The summed E-state index contributed by atoms with van der Waals surface area (Å²) in [4.78, 5) is 25.2. The number of nitrogens with zero attached hydrogens (tertiary/aromatic N) is 2. The van der Waals surface area contributed by atoms with Crippen LogP contribution < -0.4 is 10.9 Å². The van der Waals surface area contributed by atoms with E-state index in [0.717, 1.165) is 11.1 Å². The molecule has 29 heavy (non-hydrogen) atoms. The second kappa shape index (κ2) is 7.72. The zero-order valence-electron chi connectivity index (χ0n) is 15.8. The molecular formula is C22H19ClFN3O2. The number of aryl methyl sites for hydroxylation is 2. The number of nitrogens with one attached hydrogen (secondary N) is 1. The quantitative estimate of drug-likeness (QED) is 0.514. The van der Waals surface area contributed by atoms with Crippen LogP contribution in [-0.4, -0.2) is 14.9 Å². The molecule has 0 bridgehead atoms. The van der Waals surface area contributed by atoms with Crippen molar-refractivity contribution in [1.29, 1.82) is 0 Å². The van der Waals surface area contributed by atoms with Gasteiger partial charge in [-0.15, -0.1) is 0 Å². The molecule has 1 amide bonds. The van der Waals surface area contributed by atoms with E-state index in [1.54, 1.807) is 47.0 Å². The van der Waals surface area contributed by atoms with E-state index in [1.165, 1.54) is 16.7 Å². The molecular weight excluding hydrogens is 393 g/mol. The Morgan fingerprint density at radius 3 is 2.72 bits per heavy atom. The molecule has 4 aromatic rings. The van der Waals surface area contributed by atoms with Crippen LogP contribution >= 0.6 is 11.6 Å². The molecule has 4 rings (SSSR count). The van der Waals surface area contributed by atoms with Crippen LogP contribution in [-0.2, 0) is 11.3 Å². The van der Waals surface area contributed by atoms with E-state index in [-0.39, 0.29) is 17.9 Å². The largest absolute Gasteiger partial charge is 0.326 e. The van der Waals surface area contributed by atoms with Gasteiger partial charge in [0.1, 0.15) is 11.3 Å². The van der Waals surface area contributed by atoms with Crippen molar-refractivity contribution in [3.63, 3.8) is 0 Å². The number of benzene rings is 2. The van der Waals surface area contributed by atoms with Crippen molar-refractivity contribution in [1.82, 2.24) is 8.97 Å². The SMILES string of the molecule is Cc1cc(Cl)ccc1NC(=O)CCCn1c(=O)c2cccn2c2ccc(F)cc21. The van der Waals surface area contributed by atoms with Crippen LogP contribution in [0.4, 0.5) is 10.1 Å². The summed E-state index contributed by atoms with van der Waals surface area (Å²) in [6.45, 7) is 2.18. The summed E-state index contributed by atoms with van der Waals surface area (Å²) in [6, 6.07) is 13.2. The number of carbonyl (C=O) groups excluding carboxylic acids is 1. The van der Waals surface area contributed by atoms with Gasteiger partial charge in [-0.1, -0.05) is 11.6 Å². The van der Waals surface area contributed by atoms with Crippen molar-refractivity contribution in [2.45, 2.75) is 26.3 Å². The predicted molar refractivity (Wildman–Crippen MR) is 113 cm³/mol. The summed E-state index contributed by atoms with van der Waals surface area (Å²) >= 11 is 5.94. The number of hydrogen-bond donors (Lipinski definition) is 1. The Kier molecular flexibility index (Phi) is 5.11. The smallest absolute Gasteiger partial charge is 0.275 e. The Bertz CT molecular complexity index is 1290. The maximum atomic E-state index is 13.8. The third-order valence-electron chi connectivity index (χ3n) is 4.95. The summed E-state index contributed by atoms with van der Waals surface area (Å²) in [5, 5.41) is 3.47. The topological polar surface area (TPSA) is 55.5 Å². The van der Waals surface area contributed by atoms with Crippen molar-refractivity contribution in [3.8, 4) is 0 Å². The Hall–Kier alpha value is -3.12. The molecule has 0 saturated carbocycles. The van der Waals surface area contributed by atoms with Gasteiger partial charge in [0, 0.05) is 29.9 Å². The van der Waals surface area contributed by atoms with Gasteiger partial charge in [0.15, 0.2) is 0 Å². The molecule has 2 heterocycles. The zero-order chi connectivity index (χ0) is 20.5. The molecule has 7 heteroatoms. The number of carbonyl (C=O) groups is 1. The van der Waals surface area contributed by atoms with Gasteiger partial charge in [0.2, 0.25) is 5.91 Å². The zero-order valence-corrected chi connectivity index (χ0v) is 16.5. The number of anilines is 1. The van der Waals surface area contributed by atoms with Gasteiger partial charge in [0.25, 0.3) is 5.56 Å². The molecule has 148 valence electrons. The number of aromatic nitrogens is 2. The highest BCUT2D eigenvalue weighted by atomic mass is 35.5. The van der Waals surface area contributed by atoms with E-state index < -0.39 is 5.82 Å². The molecule has 0 radical (unpaired) electrons. The minimum absolute atomic E-state index is 0.150. The summed E-state index contributed by atoms with van der Waals surface area (Å²) < 4.78 is 17.1. The van der Waals surface area contributed by atoms with Gasteiger partial charge in [-0.2, -0.15) is 0 Å². The number of fused-ring (bicyclic) bond motifs is 3. The highest BCUT2D eigenvalue weighted by molar-refractivity contribution is 6.30. The lowest BCUT2D eigenvalue weighted by Gasteiger charge is -2.13. The fourth-order valence-electron chi connectivity index (χ4n) is 3.53. The van der Waals surface area contributed by atoms with Gasteiger partial charge >= 0.3 is 0 Å². The Morgan fingerprint density at radius 1 is 1.10 bits per heavy atom. The molecule has 0 spiro atoms. The highest BCUT2D eigenvalue weighted by Crippen LogP contribution is 2.20. The molecule has 2 aromatic heterocycles. The molecule has 0 atom stereocenters. The molecule has 0 fully saturated rings. The van der Waals surface area contributed by atoms with Crippen LogP contribution in [0.25, 0.3) is 16.6 Å². The molecule has 0 aliphatic carbocycles. The standard InChI is InChI=1S/C22H19ClFN3O2/c1-14-12-15(23)6-8-17(14)25-21(28)5-3-11-27-20-13-16(24)7-9-18(20)26-10-2-4-19(26)22(27)29/h2,4,6-10,12-13H,3,5,11H2,1H3,(H,25,28). The predicted octanol–water partition coefficient (Wildman–Crippen LogP) is 4.77. The van der Waals surface area contributed by atoms with Gasteiger partial charge in [0.05, 0.1) is 11.0 Å². The van der Waals surface area contributed by atoms with Crippen LogP contribution in [0.15, 0.2) is 59.5 Å². The average Bonchev–Trinajstić information content (AvgIpc) is 3.17. The molecule has 2 aromatic carbocycles. The van der Waals surface area contributed by atoms with Crippen LogP contribution in [0.1, 0.15) is 18.4 Å². The van der Waals surface area contributed by atoms with Crippen molar-refractivity contribution in [3.05, 3.63) is 81.5 Å². The number of halogens is 2. The Balaban J connectivity index is 1.55. The summed E-state index contributed by atoms with van der Waals surface area (Å²) in [6.07, 6.45) is 2.46. The van der Waals surface area contributed by atoms with Crippen molar-refractivity contribution < 1.29 is 9.18 Å². The number of amides is 1. The van der Waals surface area contributed by atoms with E-state index in [9.17, 15) is 14.0 Å². The van der Waals surface area contributed by atoms with Crippen molar-refractivity contribution in [2.24, 2.45) is 0 Å². The summed E-state index contributed by atoms with van der Waals surface area (Å²) in [5.74, 6) is -0.559. The maximum Gasteiger partial charge on any atom is 0.275 e. The molecule has 0 saturated heterocycles. The molecule has 0 aliphatic heterocycles. The normalized spacial score (nSPS) is 11.3. The van der Waals surface area contributed by atoms with Crippen LogP contribution in [0.5, 0.6) is 0 Å². The van der Waals surface area contributed by atoms with Gasteiger partial charge in [-0.05, 0) is 67.4 Å². The van der Waals surface area contributed by atoms with Crippen molar-refractivity contribution >= 4 is 39.7 Å². The lowest BCUT2D eigenvalue weighted by molar-refractivity contribution is -0.116.